The zero-order valence-electron chi connectivity index (χ0n) is 6.60. The van der Waals surface area contributed by atoms with Crippen molar-refractivity contribution < 1.29 is 0 Å². The van der Waals surface area contributed by atoms with E-state index in [1.54, 1.807) is 0 Å². The minimum Gasteiger partial charge on any atom is -0.330 e. The number of nitrogens with one attached hydrogen (secondary N) is 1. The Hall–Kier alpha value is 0.0969. The molecule has 0 aliphatic rings. The Labute approximate surface area is 65.4 Å². The highest BCUT2D eigenvalue weighted by atomic mass is 28.2. The first-order valence-electron chi connectivity index (χ1n) is 4.02. The van der Waals surface area contributed by atoms with Crippen LogP contribution in [-0.4, -0.2) is 35.3 Å². The summed E-state index contributed by atoms with van der Waals surface area (Å²) in [7, 11) is 0.133. The summed E-state index contributed by atoms with van der Waals surface area (Å²) in [5.41, 5.74) is 10.7. The van der Waals surface area contributed by atoms with Crippen molar-refractivity contribution in [2.45, 2.75) is 12.5 Å². The molecule has 0 aromatic heterocycles. The Morgan fingerprint density at radius 2 is 2.00 bits per heavy atom. The van der Waals surface area contributed by atoms with Crippen LogP contribution in [0.4, 0.5) is 0 Å². The van der Waals surface area contributed by atoms with Gasteiger partial charge in [-0.15, -0.1) is 0 Å². The average molecular weight is 161 g/mol. The van der Waals surface area contributed by atoms with Crippen LogP contribution in [0.25, 0.3) is 0 Å². The minimum absolute atomic E-state index is 0.133. The molecule has 0 atom stereocenters. The van der Waals surface area contributed by atoms with Crippen molar-refractivity contribution in [3.8, 4) is 0 Å². The van der Waals surface area contributed by atoms with E-state index in [4.69, 9.17) is 11.5 Å². The summed E-state index contributed by atoms with van der Waals surface area (Å²) in [6.45, 7) is 2.57. The van der Waals surface area contributed by atoms with Crippen molar-refractivity contribution in [2.75, 3.05) is 25.8 Å². The predicted molar refractivity (Wildman–Crippen MR) is 48.9 cm³/mol. The van der Waals surface area contributed by atoms with Crippen LogP contribution in [0, 0.1) is 0 Å². The zero-order valence-corrected chi connectivity index (χ0v) is 8.02. The maximum Gasteiger partial charge on any atom is 0.0366 e. The van der Waals surface area contributed by atoms with E-state index in [1.165, 1.54) is 18.6 Å². The van der Waals surface area contributed by atoms with Gasteiger partial charge < -0.3 is 16.8 Å². The molecule has 4 heteroatoms. The monoisotopic (exact) mass is 161 g/mol. The highest BCUT2D eigenvalue weighted by Gasteiger charge is 1.87. The molecule has 5 N–H and O–H groups in total. The van der Waals surface area contributed by atoms with E-state index in [0.29, 0.717) is 0 Å². The summed E-state index contributed by atoms with van der Waals surface area (Å²) in [5, 5.41) is 3.29. The largest absolute Gasteiger partial charge is 0.330 e. The molecule has 0 saturated heterocycles. The first-order valence-corrected chi connectivity index (χ1v) is 6.02. The standard InChI is InChI=1S/C6H19N3Si/c7-2-1-5-10-6-9-4-3-8/h9H,1-8,10H2. The van der Waals surface area contributed by atoms with Crippen LogP contribution in [0.3, 0.4) is 0 Å². The molecule has 0 aliphatic heterocycles. The van der Waals surface area contributed by atoms with Gasteiger partial charge in [0.05, 0.1) is 0 Å². The van der Waals surface area contributed by atoms with Crippen molar-refractivity contribution in [2.24, 2.45) is 11.5 Å². The van der Waals surface area contributed by atoms with Gasteiger partial charge in [-0.05, 0) is 19.1 Å². The molecule has 62 valence electrons. The second-order valence-electron chi connectivity index (χ2n) is 2.39. The number of hydrogen-bond donors (Lipinski definition) is 3. The van der Waals surface area contributed by atoms with Gasteiger partial charge in [-0.2, -0.15) is 0 Å². The fourth-order valence-electron chi connectivity index (χ4n) is 0.798. The highest BCUT2D eigenvalue weighted by molar-refractivity contribution is 6.35. The Balaban J connectivity index is 2.65. The first kappa shape index (κ1) is 10.1. The quantitative estimate of drug-likeness (QED) is 0.312. The lowest BCUT2D eigenvalue weighted by atomic mass is 10.5. The third-order valence-corrected chi connectivity index (χ3v) is 3.09. The Morgan fingerprint density at radius 3 is 2.60 bits per heavy atom. The van der Waals surface area contributed by atoms with Gasteiger partial charge in [0.2, 0.25) is 0 Å². The molecule has 0 rings (SSSR count). The molecular weight excluding hydrogens is 142 g/mol. The highest BCUT2D eigenvalue weighted by Crippen LogP contribution is 1.82. The number of rotatable bonds is 7. The van der Waals surface area contributed by atoms with Gasteiger partial charge in [-0.1, -0.05) is 6.04 Å². The second kappa shape index (κ2) is 9.10. The van der Waals surface area contributed by atoms with Crippen molar-refractivity contribution in [3.63, 3.8) is 0 Å². The van der Waals surface area contributed by atoms with Crippen molar-refractivity contribution in [1.29, 1.82) is 0 Å². The summed E-state index contributed by atoms with van der Waals surface area (Å²) < 4.78 is 0. The molecule has 10 heavy (non-hydrogen) atoms. The average Bonchev–Trinajstić information content (AvgIpc) is 1.97. The maximum absolute atomic E-state index is 5.35. The Kier molecular flexibility index (Phi) is 9.19. The summed E-state index contributed by atoms with van der Waals surface area (Å²) in [6, 6.07) is 1.37. The van der Waals surface area contributed by atoms with E-state index in [-0.39, 0.29) is 9.52 Å². The van der Waals surface area contributed by atoms with Crippen LogP contribution in [0.2, 0.25) is 6.04 Å². The van der Waals surface area contributed by atoms with E-state index < -0.39 is 0 Å². The summed E-state index contributed by atoms with van der Waals surface area (Å²) >= 11 is 0. The van der Waals surface area contributed by atoms with Gasteiger partial charge in [-0.3, -0.25) is 0 Å². The second-order valence-corrected chi connectivity index (χ2v) is 4.30. The normalized spacial score (nSPS) is 11.4. The zero-order chi connectivity index (χ0) is 7.66. The van der Waals surface area contributed by atoms with E-state index in [2.05, 4.69) is 5.32 Å². The molecule has 0 aromatic rings. The van der Waals surface area contributed by atoms with Gasteiger partial charge in [0, 0.05) is 22.6 Å². The van der Waals surface area contributed by atoms with Gasteiger partial charge in [0.25, 0.3) is 0 Å². The number of nitrogens with two attached hydrogens (primary N) is 2. The van der Waals surface area contributed by atoms with Crippen LogP contribution >= 0.6 is 0 Å². The smallest absolute Gasteiger partial charge is 0.0366 e. The van der Waals surface area contributed by atoms with E-state index >= 15 is 0 Å². The fraction of sp³-hybridized carbons (Fsp3) is 1.00. The molecule has 0 fully saturated rings. The summed E-state index contributed by atoms with van der Waals surface area (Å²) in [4.78, 5) is 0. The van der Waals surface area contributed by atoms with Crippen LogP contribution in [0.15, 0.2) is 0 Å². The predicted octanol–water partition coefficient (Wildman–Crippen LogP) is -1.57. The molecule has 0 saturated carbocycles. The van der Waals surface area contributed by atoms with Gasteiger partial charge in [-0.25, -0.2) is 0 Å². The third kappa shape index (κ3) is 8.10. The van der Waals surface area contributed by atoms with Crippen molar-refractivity contribution in [3.05, 3.63) is 0 Å². The van der Waals surface area contributed by atoms with Crippen molar-refractivity contribution in [1.82, 2.24) is 5.32 Å². The summed E-state index contributed by atoms with van der Waals surface area (Å²) in [6.07, 6.45) is 2.42. The lowest BCUT2D eigenvalue weighted by Gasteiger charge is -2.00. The maximum atomic E-state index is 5.35. The molecular formula is C6H19N3Si. The van der Waals surface area contributed by atoms with Crippen molar-refractivity contribution >= 4 is 9.52 Å². The Morgan fingerprint density at radius 1 is 1.20 bits per heavy atom. The topological polar surface area (TPSA) is 64.1 Å². The van der Waals surface area contributed by atoms with Crippen LogP contribution in [0.1, 0.15) is 6.42 Å². The Bertz CT molecular complexity index is 53.0. The third-order valence-electron chi connectivity index (χ3n) is 1.38. The molecule has 0 unspecified atom stereocenters. The molecule has 0 amide bonds. The van der Waals surface area contributed by atoms with E-state index in [9.17, 15) is 0 Å². The molecule has 0 bridgehead atoms. The molecule has 0 spiro atoms. The van der Waals surface area contributed by atoms with Gasteiger partial charge in [0.1, 0.15) is 0 Å². The van der Waals surface area contributed by atoms with E-state index in [1.807, 2.05) is 0 Å². The molecule has 0 aromatic carbocycles. The van der Waals surface area contributed by atoms with Crippen LogP contribution in [0.5, 0.6) is 0 Å². The minimum atomic E-state index is 0.133. The van der Waals surface area contributed by atoms with Gasteiger partial charge >= 0.3 is 0 Å². The first-order chi connectivity index (χ1) is 4.91. The SMILES string of the molecule is NCCC[SiH2]CNCCN. The van der Waals surface area contributed by atoms with Crippen LogP contribution in [-0.2, 0) is 0 Å². The molecule has 0 radical (unpaired) electrons. The van der Waals surface area contributed by atoms with Gasteiger partial charge in [0.15, 0.2) is 0 Å². The van der Waals surface area contributed by atoms with Crippen LogP contribution < -0.4 is 16.8 Å². The number of hydrogen-bond acceptors (Lipinski definition) is 3. The lowest BCUT2D eigenvalue weighted by molar-refractivity contribution is 0.772. The fourth-order valence-corrected chi connectivity index (χ4v) is 2.19. The summed E-state index contributed by atoms with van der Waals surface area (Å²) in [5.74, 6) is 0. The molecule has 0 heterocycles. The molecule has 3 nitrogen and oxygen atoms in total. The lowest BCUT2D eigenvalue weighted by Crippen LogP contribution is -2.26. The van der Waals surface area contributed by atoms with E-state index in [0.717, 1.165) is 19.6 Å². The molecule has 0 aliphatic carbocycles.